The Morgan fingerprint density at radius 2 is 2.30 bits per heavy atom. The summed E-state index contributed by atoms with van der Waals surface area (Å²) in [6.07, 6.45) is 3.63. The van der Waals surface area contributed by atoms with Crippen molar-refractivity contribution in [2.24, 2.45) is 0 Å². The third kappa shape index (κ3) is 3.94. The Kier molecular flexibility index (Phi) is 5.82. The van der Waals surface area contributed by atoms with Crippen molar-refractivity contribution in [2.45, 2.75) is 18.0 Å². The van der Waals surface area contributed by atoms with Crippen LogP contribution in [-0.2, 0) is 4.74 Å². The van der Waals surface area contributed by atoms with Gasteiger partial charge in [0.15, 0.2) is 0 Å². The molecule has 0 bridgehead atoms. The second-order valence-electron chi connectivity index (χ2n) is 4.77. The fraction of sp³-hybridized carbons (Fsp3) is 0.571. The van der Waals surface area contributed by atoms with E-state index in [4.69, 9.17) is 4.74 Å². The highest BCUT2D eigenvalue weighted by Crippen LogP contribution is 2.16. The van der Waals surface area contributed by atoms with Crippen LogP contribution in [0.25, 0.3) is 0 Å². The molecule has 20 heavy (non-hydrogen) atoms. The number of ether oxygens (including phenoxy) is 1. The minimum Gasteiger partial charge on any atom is -0.379 e. The molecule has 0 saturated carbocycles. The van der Waals surface area contributed by atoms with Gasteiger partial charge in [-0.1, -0.05) is 0 Å². The molecule has 1 aliphatic heterocycles. The van der Waals surface area contributed by atoms with Gasteiger partial charge in [-0.15, -0.1) is 11.8 Å². The zero-order valence-electron chi connectivity index (χ0n) is 12.0. The molecule has 1 atom stereocenters. The fourth-order valence-corrected chi connectivity index (χ4v) is 2.76. The third-order valence-electron chi connectivity index (χ3n) is 3.44. The Labute approximate surface area is 124 Å². The molecule has 1 saturated heterocycles. The van der Waals surface area contributed by atoms with E-state index in [2.05, 4.69) is 22.1 Å². The summed E-state index contributed by atoms with van der Waals surface area (Å²) < 4.78 is 5.34. The summed E-state index contributed by atoms with van der Waals surface area (Å²) in [5.74, 6) is -0.0532. The number of amides is 1. The lowest BCUT2D eigenvalue weighted by Crippen LogP contribution is -2.47. The highest BCUT2D eigenvalue weighted by molar-refractivity contribution is 7.98. The van der Waals surface area contributed by atoms with E-state index >= 15 is 0 Å². The van der Waals surface area contributed by atoms with E-state index in [1.54, 1.807) is 12.3 Å². The monoisotopic (exact) mass is 295 g/mol. The van der Waals surface area contributed by atoms with Crippen molar-refractivity contribution < 1.29 is 9.53 Å². The maximum atomic E-state index is 12.2. The number of hydrogen-bond donors (Lipinski definition) is 1. The number of carbonyl (C=O) groups excluding carboxylic acids is 1. The molecular weight excluding hydrogens is 274 g/mol. The Hall–Kier alpha value is -1.11. The maximum absolute atomic E-state index is 12.2. The first-order chi connectivity index (χ1) is 9.72. The van der Waals surface area contributed by atoms with Crippen LogP contribution >= 0.6 is 11.8 Å². The van der Waals surface area contributed by atoms with Crippen LogP contribution in [0.3, 0.4) is 0 Å². The SMILES string of the molecule is CSc1ncccc1C(=O)NC[C@H](C)N1CCOCC1. The van der Waals surface area contributed by atoms with Crippen LogP contribution in [0.15, 0.2) is 23.4 Å². The molecule has 2 rings (SSSR count). The van der Waals surface area contributed by atoms with Gasteiger partial charge in [0.2, 0.25) is 0 Å². The predicted octanol–water partition coefficient (Wildman–Crippen LogP) is 1.25. The van der Waals surface area contributed by atoms with Crippen LogP contribution in [0.1, 0.15) is 17.3 Å². The van der Waals surface area contributed by atoms with Crippen LogP contribution in [-0.4, -0.2) is 60.9 Å². The Morgan fingerprint density at radius 1 is 1.55 bits per heavy atom. The lowest BCUT2D eigenvalue weighted by Gasteiger charge is -2.32. The van der Waals surface area contributed by atoms with Crippen molar-refractivity contribution in [3.63, 3.8) is 0 Å². The van der Waals surface area contributed by atoms with Crippen LogP contribution in [0.5, 0.6) is 0 Å². The summed E-state index contributed by atoms with van der Waals surface area (Å²) in [6, 6.07) is 3.92. The molecule has 1 aromatic heterocycles. The van der Waals surface area contributed by atoms with Crippen LogP contribution in [0.4, 0.5) is 0 Å². The van der Waals surface area contributed by atoms with Crippen LogP contribution < -0.4 is 5.32 Å². The molecular formula is C14H21N3O2S. The Morgan fingerprint density at radius 3 is 3.00 bits per heavy atom. The maximum Gasteiger partial charge on any atom is 0.254 e. The predicted molar refractivity (Wildman–Crippen MR) is 80.2 cm³/mol. The van der Waals surface area contributed by atoms with Gasteiger partial charge < -0.3 is 10.1 Å². The quantitative estimate of drug-likeness (QED) is 0.829. The first-order valence-electron chi connectivity index (χ1n) is 6.81. The van der Waals surface area contributed by atoms with Crippen LogP contribution in [0.2, 0.25) is 0 Å². The molecule has 0 unspecified atom stereocenters. The van der Waals surface area contributed by atoms with Crippen molar-refractivity contribution in [2.75, 3.05) is 39.1 Å². The lowest BCUT2D eigenvalue weighted by molar-refractivity contribution is 0.0204. The normalized spacial score (nSPS) is 17.7. The number of rotatable bonds is 5. The van der Waals surface area contributed by atoms with E-state index < -0.39 is 0 Å². The number of aromatic nitrogens is 1. The minimum absolute atomic E-state index is 0.0532. The first-order valence-corrected chi connectivity index (χ1v) is 8.04. The lowest BCUT2D eigenvalue weighted by atomic mass is 10.2. The molecule has 110 valence electrons. The second kappa shape index (κ2) is 7.61. The van der Waals surface area contributed by atoms with Crippen molar-refractivity contribution in [3.05, 3.63) is 23.9 Å². The van der Waals surface area contributed by atoms with E-state index in [-0.39, 0.29) is 5.91 Å². The molecule has 1 fully saturated rings. The molecule has 1 aliphatic rings. The van der Waals surface area contributed by atoms with E-state index in [0.717, 1.165) is 31.3 Å². The highest BCUT2D eigenvalue weighted by Gasteiger charge is 2.18. The average Bonchev–Trinajstić information content (AvgIpc) is 2.53. The van der Waals surface area contributed by atoms with Crippen molar-refractivity contribution in [3.8, 4) is 0 Å². The molecule has 1 amide bonds. The molecule has 2 heterocycles. The average molecular weight is 295 g/mol. The largest absolute Gasteiger partial charge is 0.379 e. The zero-order valence-corrected chi connectivity index (χ0v) is 12.8. The number of carbonyl (C=O) groups is 1. The second-order valence-corrected chi connectivity index (χ2v) is 5.56. The number of pyridine rings is 1. The van der Waals surface area contributed by atoms with E-state index in [1.165, 1.54) is 11.8 Å². The topological polar surface area (TPSA) is 54.5 Å². The summed E-state index contributed by atoms with van der Waals surface area (Å²) >= 11 is 1.49. The molecule has 5 nitrogen and oxygen atoms in total. The summed E-state index contributed by atoms with van der Waals surface area (Å²) in [6.45, 7) is 6.18. The van der Waals surface area contributed by atoms with Gasteiger partial charge in [-0.05, 0) is 25.3 Å². The van der Waals surface area contributed by atoms with Gasteiger partial charge in [0.05, 0.1) is 18.8 Å². The fourth-order valence-electron chi connectivity index (χ4n) is 2.21. The van der Waals surface area contributed by atoms with Gasteiger partial charge in [0.25, 0.3) is 5.91 Å². The van der Waals surface area contributed by atoms with E-state index in [0.29, 0.717) is 18.2 Å². The molecule has 0 aromatic carbocycles. The smallest absolute Gasteiger partial charge is 0.254 e. The molecule has 0 spiro atoms. The first kappa shape index (κ1) is 15.3. The molecule has 0 aliphatic carbocycles. The van der Waals surface area contributed by atoms with Gasteiger partial charge in [-0.25, -0.2) is 4.98 Å². The number of morpholine rings is 1. The van der Waals surface area contributed by atoms with Gasteiger partial charge >= 0.3 is 0 Å². The number of thioether (sulfide) groups is 1. The van der Waals surface area contributed by atoms with Crippen LogP contribution in [0, 0.1) is 0 Å². The molecule has 1 aromatic rings. The van der Waals surface area contributed by atoms with Crippen molar-refractivity contribution >= 4 is 17.7 Å². The van der Waals surface area contributed by atoms with Gasteiger partial charge in [0.1, 0.15) is 5.03 Å². The van der Waals surface area contributed by atoms with Crippen molar-refractivity contribution in [1.82, 2.24) is 15.2 Å². The van der Waals surface area contributed by atoms with Crippen molar-refractivity contribution in [1.29, 1.82) is 0 Å². The zero-order chi connectivity index (χ0) is 14.4. The molecule has 1 N–H and O–H groups in total. The number of nitrogens with zero attached hydrogens (tertiary/aromatic N) is 2. The summed E-state index contributed by atoms with van der Waals surface area (Å²) in [7, 11) is 0. The Balaban J connectivity index is 1.88. The van der Waals surface area contributed by atoms with E-state index in [1.807, 2.05) is 12.3 Å². The van der Waals surface area contributed by atoms with Gasteiger partial charge in [-0.3, -0.25) is 9.69 Å². The van der Waals surface area contributed by atoms with E-state index in [9.17, 15) is 4.79 Å². The van der Waals surface area contributed by atoms with Gasteiger partial charge in [-0.2, -0.15) is 0 Å². The highest BCUT2D eigenvalue weighted by atomic mass is 32.2. The molecule has 0 radical (unpaired) electrons. The Bertz CT molecular complexity index is 450. The standard InChI is InChI=1S/C14H21N3O2S/c1-11(17-6-8-19-9-7-17)10-16-13(18)12-4-3-5-15-14(12)20-2/h3-5,11H,6-10H2,1-2H3,(H,16,18)/t11-/m0/s1. The number of hydrogen-bond acceptors (Lipinski definition) is 5. The third-order valence-corrected chi connectivity index (χ3v) is 4.15. The van der Waals surface area contributed by atoms with Gasteiger partial charge in [0, 0.05) is 31.9 Å². The summed E-state index contributed by atoms with van der Waals surface area (Å²) in [4.78, 5) is 18.8. The summed E-state index contributed by atoms with van der Waals surface area (Å²) in [5, 5.41) is 3.76. The summed E-state index contributed by atoms with van der Waals surface area (Å²) in [5.41, 5.74) is 0.647. The number of nitrogens with one attached hydrogen (secondary N) is 1. The minimum atomic E-state index is -0.0532. The molecule has 6 heteroatoms.